The molecule has 2 aliphatic rings. The Bertz CT molecular complexity index is 2650. The van der Waals surface area contributed by atoms with Crippen LogP contribution in [0.1, 0.15) is 79.7 Å². The van der Waals surface area contributed by atoms with Crippen LogP contribution in [0.5, 0.6) is 0 Å². The molecule has 7 rings (SSSR count). The Labute approximate surface area is 356 Å². The zero-order valence-corrected chi connectivity index (χ0v) is 36.1. The predicted molar refractivity (Wildman–Crippen MR) is 233 cm³/mol. The Morgan fingerprint density at radius 2 is 1.65 bits per heavy atom. The summed E-state index contributed by atoms with van der Waals surface area (Å²) in [5, 5.41) is 9.19. The molecule has 1 atom stereocenters. The minimum atomic E-state index is -3.65. The minimum absolute atomic E-state index is 0.0501. The average Bonchev–Trinajstić information content (AvgIpc) is 3.69. The number of amides is 3. The van der Waals surface area contributed by atoms with Gasteiger partial charge < -0.3 is 15.4 Å². The second kappa shape index (κ2) is 17.4. The third-order valence-electron chi connectivity index (χ3n) is 10.5. The quantitative estimate of drug-likeness (QED) is 0.0917. The molecule has 2 aromatic heterocycles. The molecule has 0 saturated carbocycles. The van der Waals surface area contributed by atoms with Crippen molar-refractivity contribution in [2.75, 3.05) is 23.7 Å². The third-order valence-corrected chi connectivity index (χ3v) is 13.9. The number of aromatic nitrogens is 2. The number of piperidine rings is 2. The van der Waals surface area contributed by atoms with Crippen LogP contribution < -0.4 is 21.6 Å². The van der Waals surface area contributed by atoms with Crippen LogP contribution in [0.3, 0.4) is 0 Å². The lowest BCUT2D eigenvalue weighted by Crippen LogP contribution is -2.44. The fourth-order valence-corrected chi connectivity index (χ4v) is 10.4. The number of carbonyl (C=O) groups excluding carboxylic acids is 4. The summed E-state index contributed by atoms with van der Waals surface area (Å²) in [7, 11) is -2.03. The summed E-state index contributed by atoms with van der Waals surface area (Å²) < 4.78 is 37.0. The Morgan fingerprint density at radius 1 is 0.917 bits per heavy atom. The molecule has 2 aliphatic heterocycles. The van der Waals surface area contributed by atoms with Crippen molar-refractivity contribution in [1.29, 1.82) is 0 Å². The zero-order chi connectivity index (χ0) is 42.9. The molecule has 316 valence electrons. The van der Waals surface area contributed by atoms with Gasteiger partial charge in [0.25, 0.3) is 0 Å². The number of halogens is 1. The molecule has 2 fully saturated rings. The number of benzene rings is 3. The third kappa shape index (κ3) is 9.84. The average molecular weight is 875 g/mol. The van der Waals surface area contributed by atoms with Gasteiger partial charge in [0.1, 0.15) is 16.5 Å². The molecule has 3 aromatic carbocycles. The van der Waals surface area contributed by atoms with Crippen LogP contribution >= 0.6 is 22.9 Å². The Balaban J connectivity index is 0.907. The summed E-state index contributed by atoms with van der Waals surface area (Å²) in [4.78, 5) is 64.1. The second-order valence-electron chi connectivity index (χ2n) is 16.2. The van der Waals surface area contributed by atoms with Gasteiger partial charge in [0, 0.05) is 50.4 Å². The number of esters is 1. The smallest absolute Gasteiger partial charge is 0.348 e. The standard InChI is InChI=1S/C43H47ClN6O8S2/c1-43(2,3)58-41(54)36-24-32(44)39(59-36)28-8-6-10-31(23-28)45-29-17-19-49(20-18-29)60(56,57)25-27-7-5-9-30(21-27)46-37(51)15-12-26-11-13-33-35(22-26)48(4)42(55)50(33)34-14-16-38(52)47-40(34)53/h5-11,13,21-24,29,34,45H,12,14-20,25H2,1-4H3,(H,46,51)(H,47,52,53). The number of fused-ring (bicyclic) bond motifs is 1. The molecule has 0 spiro atoms. The van der Waals surface area contributed by atoms with E-state index in [1.807, 2.05) is 57.2 Å². The molecule has 0 bridgehead atoms. The van der Waals surface area contributed by atoms with E-state index in [-0.39, 0.29) is 48.6 Å². The maximum absolute atomic E-state index is 13.5. The molecule has 60 heavy (non-hydrogen) atoms. The lowest BCUT2D eigenvalue weighted by molar-refractivity contribution is -0.135. The van der Waals surface area contributed by atoms with Gasteiger partial charge in [-0.2, -0.15) is 0 Å². The van der Waals surface area contributed by atoms with Gasteiger partial charge in [0.15, 0.2) is 0 Å². The van der Waals surface area contributed by atoms with Gasteiger partial charge in [-0.05, 0) is 106 Å². The van der Waals surface area contributed by atoms with Crippen molar-refractivity contribution < 1.29 is 32.3 Å². The van der Waals surface area contributed by atoms with E-state index in [0.717, 1.165) is 21.7 Å². The number of ether oxygens (including phenoxy) is 1. The maximum Gasteiger partial charge on any atom is 0.348 e. The summed E-state index contributed by atoms with van der Waals surface area (Å²) >= 11 is 7.82. The van der Waals surface area contributed by atoms with E-state index in [1.54, 1.807) is 43.4 Å². The zero-order valence-electron chi connectivity index (χ0n) is 33.7. The summed E-state index contributed by atoms with van der Waals surface area (Å²) in [6.45, 7) is 6.15. The first kappa shape index (κ1) is 42.8. The number of imide groups is 1. The lowest BCUT2D eigenvalue weighted by Gasteiger charge is -2.32. The summed E-state index contributed by atoms with van der Waals surface area (Å²) in [6.07, 6.45) is 2.12. The van der Waals surface area contributed by atoms with Crippen molar-refractivity contribution in [2.24, 2.45) is 7.05 Å². The summed E-state index contributed by atoms with van der Waals surface area (Å²) in [6, 6.07) is 20.9. The highest BCUT2D eigenvalue weighted by molar-refractivity contribution is 7.88. The van der Waals surface area contributed by atoms with E-state index in [9.17, 15) is 32.4 Å². The second-order valence-corrected chi connectivity index (χ2v) is 19.6. The van der Waals surface area contributed by atoms with Crippen molar-refractivity contribution in [3.05, 3.63) is 104 Å². The topological polar surface area (TPSA) is 178 Å². The normalized spacial score (nSPS) is 16.8. The first-order chi connectivity index (χ1) is 28.4. The number of carbonyl (C=O) groups is 4. The van der Waals surface area contributed by atoms with Crippen LogP contribution in [0.2, 0.25) is 5.02 Å². The van der Waals surface area contributed by atoms with Crippen LogP contribution in [0.15, 0.2) is 77.6 Å². The van der Waals surface area contributed by atoms with E-state index >= 15 is 0 Å². The lowest BCUT2D eigenvalue weighted by atomic mass is 10.1. The Kier molecular flexibility index (Phi) is 12.4. The number of thiophene rings is 1. The fraction of sp³-hybridized carbons (Fsp3) is 0.372. The van der Waals surface area contributed by atoms with Crippen molar-refractivity contribution in [3.63, 3.8) is 0 Å². The molecule has 1 unspecified atom stereocenters. The number of anilines is 2. The van der Waals surface area contributed by atoms with Crippen LogP contribution in [0.25, 0.3) is 21.5 Å². The summed E-state index contributed by atoms with van der Waals surface area (Å²) in [5.74, 6) is -1.75. The first-order valence-electron chi connectivity index (χ1n) is 19.7. The molecular weight excluding hydrogens is 828 g/mol. The number of hydrogen-bond acceptors (Lipinski definition) is 10. The van der Waals surface area contributed by atoms with Crippen LogP contribution in [0.4, 0.5) is 11.4 Å². The molecule has 0 aliphatic carbocycles. The number of aryl methyl sites for hydroxylation is 2. The largest absolute Gasteiger partial charge is 0.456 e. The molecule has 3 amide bonds. The van der Waals surface area contributed by atoms with E-state index in [2.05, 4.69) is 16.0 Å². The monoisotopic (exact) mass is 874 g/mol. The highest BCUT2D eigenvalue weighted by atomic mass is 35.5. The van der Waals surface area contributed by atoms with E-state index in [4.69, 9.17) is 16.3 Å². The van der Waals surface area contributed by atoms with E-state index in [1.165, 1.54) is 24.8 Å². The van der Waals surface area contributed by atoms with Gasteiger partial charge in [-0.15, -0.1) is 11.3 Å². The fourth-order valence-electron chi connectivity index (χ4n) is 7.58. The van der Waals surface area contributed by atoms with Gasteiger partial charge in [0.2, 0.25) is 27.7 Å². The number of nitrogens with one attached hydrogen (secondary N) is 3. The highest BCUT2D eigenvalue weighted by Crippen LogP contribution is 2.38. The summed E-state index contributed by atoms with van der Waals surface area (Å²) in [5.41, 5.74) is 3.78. The van der Waals surface area contributed by atoms with Crippen LogP contribution in [-0.4, -0.2) is 70.3 Å². The predicted octanol–water partition coefficient (Wildman–Crippen LogP) is 6.63. The molecule has 3 N–H and O–H groups in total. The Morgan fingerprint density at radius 3 is 2.38 bits per heavy atom. The van der Waals surface area contributed by atoms with Crippen molar-refractivity contribution in [3.8, 4) is 10.4 Å². The number of imidazole rings is 1. The minimum Gasteiger partial charge on any atom is -0.456 e. The molecule has 2 saturated heterocycles. The molecule has 17 heteroatoms. The first-order valence-corrected chi connectivity index (χ1v) is 22.5. The van der Waals surface area contributed by atoms with E-state index in [0.29, 0.717) is 64.5 Å². The number of rotatable bonds is 12. The SMILES string of the molecule is Cn1c(=O)n(C2CCC(=O)NC2=O)c2ccc(CCC(=O)Nc3cccc(CS(=O)(=O)N4CCC(Nc5cccc(-c6sc(C(=O)OC(C)(C)C)cc6Cl)c5)CC4)c3)cc21. The van der Waals surface area contributed by atoms with Gasteiger partial charge >= 0.3 is 11.7 Å². The van der Waals surface area contributed by atoms with Gasteiger partial charge in [0.05, 0.1) is 26.7 Å². The van der Waals surface area contributed by atoms with Crippen LogP contribution in [-0.2, 0) is 48.4 Å². The molecule has 5 aromatic rings. The number of sulfonamides is 1. The number of nitrogens with zero attached hydrogens (tertiary/aromatic N) is 3. The number of hydrogen-bond donors (Lipinski definition) is 3. The molecule has 14 nitrogen and oxygen atoms in total. The van der Waals surface area contributed by atoms with Gasteiger partial charge in [-0.1, -0.05) is 41.9 Å². The van der Waals surface area contributed by atoms with Crippen molar-refractivity contribution >= 4 is 79.1 Å². The molecular formula is C43H47ClN6O8S2. The van der Waals surface area contributed by atoms with Gasteiger partial charge in [-0.3, -0.25) is 28.8 Å². The molecule has 4 heterocycles. The maximum atomic E-state index is 13.5. The van der Waals surface area contributed by atoms with Crippen LogP contribution in [0, 0.1) is 0 Å². The highest BCUT2D eigenvalue weighted by Gasteiger charge is 2.32. The van der Waals surface area contributed by atoms with Crippen molar-refractivity contribution in [1.82, 2.24) is 18.8 Å². The van der Waals surface area contributed by atoms with Gasteiger partial charge in [-0.25, -0.2) is 22.3 Å². The Hall–Kier alpha value is -5.29. The van der Waals surface area contributed by atoms with Crippen molar-refractivity contribution in [2.45, 2.75) is 82.7 Å². The van der Waals surface area contributed by atoms with E-state index < -0.39 is 33.5 Å². The molecule has 0 radical (unpaired) electrons.